The first-order valence-electron chi connectivity index (χ1n) is 7.23. The molecule has 1 unspecified atom stereocenters. The Morgan fingerprint density at radius 3 is 2.85 bits per heavy atom. The summed E-state index contributed by atoms with van der Waals surface area (Å²) in [4.78, 5) is 0. The van der Waals surface area contributed by atoms with E-state index in [2.05, 4.69) is 48.6 Å². The molecule has 1 aliphatic carbocycles. The molecule has 0 amide bonds. The van der Waals surface area contributed by atoms with Crippen molar-refractivity contribution in [3.8, 4) is 5.75 Å². The third-order valence-electron chi connectivity index (χ3n) is 4.23. The van der Waals surface area contributed by atoms with Gasteiger partial charge in [0.05, 0.1) is 7.11 Å². The SMILES string of the molecule is COc1cccc([C@H](C)NCC2Cc3ccccc32)c1. The minimum absolute atomic E-state index is 0.345. The second kappa shape index (κ2) is 5.68. The van der Waals surface area contributed by atoms with E-state index in [1.807, 2.05) is 12.1 Å². The molecule has 2 aromatic rings. The molecule has 0 heterocycles. The summed E-state index contributed by atoms with van der Waals surface area (Å²) < 4.78 is 5.28. The molecule has 2 heteroatoms. The Kier molecular flexibility index (Phi) is 3.75. The summed E-state index contributed by atoms with van der Waals surface area (Å²) in [6.07, 6.45) is 1.20. The van der Waals surface area contributed by atoms with Gasteiger partial charge in [-0.3, -0.25) is 0 Å². The van der Waals surface area contributed by atoms with Gasteiger partial charge in [0, 0.05) is 18.5 Å². The average Bonchev–Trinajstić information content (AvgIpc) is 2.48. The zero-order chi connectivity index (χ0) is 13.9. The first-order valence-corrected chi connectivity index (χ1v) is 7.23. The Balaban J connectivity index is 1.59. The van der Waals surface area contributed by atoms with Crippen LogP contribution in [0.4, 0.5) is 0 Å². The highest BCUT2D eigenvalue weighted by atomic mass is 16.5. The van der Waals surface area contributed by atoms with E-state index < -0.39 is 0 Å². The van der Waals surface area contributed by atoms with Crippen LogP contribution in [0, 0.1) is 0 Å². The molecule has 0 fully saturated rings. The fourth-order valence-electron chi connectivity index (χ4n) is 2.89. The molecular weight excluding hydrogens is 246 g/mol. The highest BCUT2D eigenvalue weighted by Crippen LogP contribution is 2.34. The molecular formula is C18H21NO. The highest BCUT2D eigenvalue weighted by Gasteiger charge is 2.25. The summed E-state index contributed by atoms with van der Waals surface area (Å²) in [5, 5.41) is 3.64. The zero-order valence-electron chi connectivity index (χ0n) is 12.1. The van der Waals surface area contributed by atoms with Crippen molar-refractivity contribution in [3.63, 3.8) is 0 Å². The number of hydrogen-bond acceptors (Lipinski definition) is 2. The van der Waals surface area contributed by atoms with Gasteiger partial charge in [0.15, 0.2) is 0 Å². The van der Waals surface area contributed by atoms with E-state index in [0.29, 0.717) is 12.0 Å². The topological polar surface area (TPSA) is 21.3 Å². The third-order valence-corrected chi connectivity index (χ3v) is 4.23. The number of methoxy groups -OCH3 is 1. The summed E-state index contributed by atoms with van der Waals surface area (Å²) >= 11 is 0. The predicted octanol–water partition coefficient (Wildman–Crippen LogP) is 3.69. The fourth-order valence-corrected chi connectivity index (χ4v) is 2.89. The second-order valence-corrected chi connectivity index (χ2v) is 5.51. The van der Waals surface area contributed by atoms with Crippen LogP contribution in [0.1, 0.15) is 35.6 Å². The maximum absolute atomic E-state index is 5.28. The van der Waals surface area contributed by atoms with Crippen molar-refractivity contribution in [2.75, 3.05) is 13.7 Å². The lowest BCUT2D eigenvalue weighted by Crippen LogP contribution is -2.30. The molecule has 0 radical (unpaired) electrons. The van der Waals surface area contributed by atoms with Crippen LogP contribution in [0.3, 0.4) is 0 Å². The molecule has 3 rings (SSSR count). The maximum Gasteiger partial charge on any atom is 0.119 e. The van der Waals surface area contributed by atoms with Gasteiger partial charge in [-0.2, -0.15) is 0 Å². The quantitative estimate of drug-likeness (QED) is 0.892. The molecule has 0 spiro atoms. The minimum atomic E-state index is 0.345. The molecule has 2 aromatic carbocycles. The highest BCUT2D eigenvalue weighted by molar-refractivity contribution is 5.40. The van der Waals surface area contributed by atoms with Gasteiger partial charge in [0.2, 0.25) is 0 Å². The van der Waals surface area contributed by atoms with Crippen molar-refractivity contribution in [1.82, 2.24) is 5.32 Å². The number of nitrogens with one attached hydrogen (secondary N) is 1. The molecule has 2 atom stereocenters. The van der Waals surface area contributed by atoms with Crippen LogP contribution < -0.4 is 10.1 Å². The van der Waals surface area contributed by atoms with Gasteiger partial charge in [0.1, 0.15) is 5.75 Å². The molecule has 0 saturated heterocycles. The van der Waals surface area contributed by atoms with Gasteiger partial charge in [-0.05, 0) is 42.2 Å². The van der Waals surface area contributed by atoms with E-state index in [9.17, 15) is 0 Å². The first kappa shape index (κ1) is 13.2. The van der Waals surface area contributed by atoms with Gasteiger partial charge in [-0.25, -0.2) is 0 Å². The molecule has 0 saturated carbocycles. The molecule has 20 heavy (non-hydrogen) atoms. The summed E-state index contributed by atoms with van der Waals surface area (Å²) in [5.41, 5.74) is 4.29. The Morgan fingerprint density at radius 2 is 2.05 bits per heavy atom. The van der Waals surface area contributed by atoms with E-state index in [1.54, 1.807) is 7.11 Å². The normalized spacial score (nSPS) is 18.0. The van der Waals surface area contributed by atoms with E-state index in [4.69, 9.17) is 4.74 Å². The lowest BCUT2D eigenvalue weighted by atomic mass is 9.77. The van der Waals surface area contributed by atoms with Gasteiger partial charge >= 0.3 is 0 Å². The number of hydrogen-bond donors (Lipinski definition) is 1. The molecule has 1 N–H and O–H groups in total. The number of rotatable bonds is 5. The maximum atomic E-state index is 5.28. The van der Waals surface area contributed by atoms with Gasteiger partial charge in [0.25, 0.3) is 0 Å². The van der Waals surface area contributed by atoms with Crippen LogP contribution in [0.15, 0.2) is 48.5 Å². The van der Waals surface area contributed by atoms with Crippen LogP contribution in [0.2, 0.25) is 0 Å². The Morgan fingerprint density at radius 1 is 1.20 bits per heavy atom. The fraction of sp³-hybridized carbons (Fsp3) is 0.333. The number of fused-ring (bicyclic) bond motifs is 1. The molecule has 104 valence electrons. The van der Waals surface area contributed by atoms with Gasteiger partial charge in [-0.1, -0.05) is 36.4 Å². The van der Waals surface area contributed by atoms with E-state index in [-0.39, 0.29) is 0 Å². The standard InChI is InChI=1S/C18H21NO/c1-13(14-7-5-8-17(11-14)20-2)19-12-16-10-15-6-3-4-9-18(15)16/h3-9,11,13,16,19H,10,12H2,1-2H3/t13-,16?/m0/s1. The molecule has 0 aliphatic heterocycles. The lowest BCUT2D eigenvalue weighted by Gasteiger charge is -2.31. The van der Waals surface area contributed by atoms with Gasteiger partial charge < -0.3 is 10.1 Å². The van der Waals surface area contributed by atoms with E-state index >= 15 is 0 Å². The Bertz CT molecular complexity index is 593. The number of ether oxygens (including phenoxy) is 1. The van der Waals surface area contributed by atoms with Crippen LogP contribution >= 0.6 is 0 Å². The summed E-state index contributed by atoms with van der Waals surface area (Å²) in [7, 11) is 1.71. The van der Waals surface area contributed by atoms with Crippen LogP contribution in [-0.2, 0) is 6.42 Å². The van der Waals surface area contributed by atoms with Crippen molar-refractivity contribution >= 4 is 0 Å². The zero-order valence-corrected chi connectivity index (χ0v) is 12.1. The van der Waals surface area contributed by atoms with E-state index in [1.165, 1.54) is 23.1 Å². The lowest BCUT2D eigenvalue weighted by molar-refractivity contribution is 0.413. The van der Waals surface area contributed by atoms with Crippen molar-refractivity contribution in [3.05, 3.63) is 65.2 Å². The predicted molar refractivity (Wildman–Crippen MR) is 82.3 cm³/mol. The van der Waals surface area contributed by atoms with Crippen LogP contribution in [0.25, 0.3) is 0 Å². The second-order valence-electron chi connectivity index (χ2n) is 5.51. The van der Waals surface area contributed by atoms with Crippen molar-refractivity contribution in [2.24, 2.45) is 0 Å². The molecule has 0 aromatic heterocycles. The van der Waals surface area contributed by atoms with Crippen molar-refractivity contribution in [2.45, 2.75) is 25.3 Å². The minimum Gasteiger partial charge on any atom is -0.497 e. The molecule has 1 aliphatic rings. The Labute approximate surface area is 120 Å². The van der Waals surface area contributed by atoms with Crippen molar-refractivity contribution < 1.29 is 4.74 Å². The van der Waals surface area contributed by atoms with Crippen LogP contribution in [-0.4, -0.2) is 13.7 Å². The van der Waals surface area contributed by atoms with Gasteiger partial charge in [-0.15, -0.1) is 0 Å². The average molecular weight is 267 g/mol. The van der Waals surface area contributed by atoms with Crippen LogP contribution in [0.5, 0.6) is 5.75 Å². The summed E-state index contributed by atoms with van der Waals surface area (Å²) in [6.45, 7) is 3.24. The summed E-state index contributed by atoms with van der Waals surface area (Å²) in [6, 6.07) is 17.4. The van der Waals surface area contributed by atoms with Crippen molar-refractivity contribution in [1.29, 1.82) is 0 Å². The first-order chi connectivity index (χ1) is 9.78. The smallest absolute Gasteiger partial charge is 0.119 e. The summed E-state index contributed by atoms with van der Waals surface area (Å²) in [5.74, 6) is 1.59. The third kappa shape index (κ3) is 2.56. The Hall–Kier alpha value is -1.80. The molecule has 0 bridgehead atoms. The monoisotopic (exact) mass is 267 g/mol. The van der Waals surface area contributed by atoms with E-state index in [0.717, 1.165) is 12.3 Å². The number of benzene rings is 2. The molecule has 2 nitrogen and oxygen atoms in total. The largest absolute Gasteiger partial charge is 0.497 e.